The Balaban J connectivity index is 1.83. The maximum atomic E-state index is 13.4. The average molecular weight is 405 g/mol. The summed E-state index contributed by atoms with van der Waals surface area (Å²) < 4.78 is 11.8. The number of ether oxygens (including phenoxy) is 1. The average Bonchev–Trinajstić information content (AvgIpc) is 3.05. The Morgan fingerprint density at radius 2 is 1.80 bits per heavy atom. The molecule has 30 heavy (non-hydrogen) atoms. The molecule has 0 saturated carbocycles. The first-order valence-corrected chi connectivity index (χ1v) is 10.7. The van der Waals surface area contributed by atoms with Gasteiger partial charge in [-0.15, -0.1) is 0 Å². The Hall–Kier alpha value is -3.08. The van der Waals surface area contributed by atoms with Gasteiger partial charge in [0.25, 0.3) is 5.91 Å². The van der Waals surface area contributed by atoms with Crippen LogP contribution in [0.25, 0.3) is 11.0 Å². The van der Waals surface area contributed by atoms with Crippen LogP contribution in [0, 0.1) is 0 Å². The molecule has 2 aromatic carbocycles. The van der Waals surface area contributed by atoms with Crippen molar-refractivity contribution in [2.45, 2.75) is 45.6 Å². The van der Waals surface area contributed by atoms with Crippen molar-refractivity contribution in [1.82, 2.24) is 4.90 Å². The van der Waals surface area contributed by atoms with Gasteiger partial charge in [-0.1, -0.05) is 51.0 Å². The molecule has 0 N–H and O–H groups in total. The smallest absolute Gasteiger partial charge is 0.290 e. The van der Waals surface area contributed by atoms with Crippen molar-refractivity contribution in [2.75, 3.05) is 13.2 Å². The lowest BCUT2D eigenvalue weighted by Gasteiger charge is -2.25. The molecule has 0 aliphatic carbocycles. The van der Waals surface area contributed by atoms with Crippen molar-refractivity contribution in [2.24, 2.45) is 0 Å². The van der Waals surface area contributed by atoms with E-state index in [1.165, 1.54) is 0 Å². The highest BCUT2D eigenvalue weighted by Crippen LogP contribution is 2.39. The van der Waals surface area contributed by atoms with Gasteiger partial charge in [0.15, 0.2) is 5.43 Å². The minimum atomic E-state index is -0.463. The van der Waals surface area contributed by atoms with Crippen molar-refractivity contribution in [3.63, 3.8) is 0 Å². The summed E-state index contributed by atoms with van der Waals surface area (Å²) >= 11 is 0. The molecule has 4 rings (SSSR count). The first-order chi connectivity index (χ1) is 14.7. The number of rotatable bonds is 8. The second-order valence-corrected chi connectivity index (χ2v) is 7.70. The molecule has 0 bridgehead atoms. The van der Waals surface area contributed by atoms with Crippen LogP contribution >= 0.6 is 0 Å². The van der Waals surface area contributed by atoms with Gasteiger partial charge in [0, 0.05) is 6.54 Å². The fourth-order valence-corrected chi connectivity index (χ4v) is 3.98. The molecule has 5 heteroatoms. The number of para-hydroxylation sites is 1. The number of fused-ring (bicyclic) bond motifs is 2. The van der Waals surface area contributed by atoms with Crippen LogP contribution in [-0.2, 0) is 0 Å². The van der Waals surface area contributed by atoms with E-state index >= 15 is 0 Å². The van der Waals surface area contributed by atoms with Crippen LogP contribution in [0.15, 0.2) is 57.7 Å². The number of hydrogen-bond donors (Lipinski definition) is 0. The molecule has 0 radical (unpaired) electrons. The predicted octanol–water partition coefficient (Wildman–Crippen LogP) is 5.32. The molecule has 1 aromatic heterocycles. The van der Waals surface area contributed by atoms with Gasteiger partial charge >= 0.3 is 0 Å². The summed E-state index contributed by atoms with van der Waals surface area (Å²) in [7, 11) is 0. The summed E-state index contributed by atoms with van der Waals surface area (Å²) in [5, 5.41) is 0.502. The zero-order valence-electron chi connectivity index (χ0n) is 17.5. The van der Waals surface area contributed by atoms with E-state index in [1.54, 1.807) is 23.1 Å². The lowest BCUT2D eigenvalue weighted by molar-refractivity contribution is 0.0725. The Kier molecular flexibility index (Phi) is 5.88. The monoisotopic (exact) mass is 405 g/mol. The molecule has 1 atom stereocenters. The van der Waals surface area contributed by atoms with Crippen molar-refractivity contribution < 1.29 is 13.9 Å². The van der Waals surface area contributed by atoms with Gasteiger partial charge in [0.1, 0.15) is 11.3 Å². The second kappa shape index (κ2) is 8.74. The van der Waals surface area contributed by atoms with Crippen LogP contribution in [-0.4, -0.2) is 24.0 Å². The number of nitrogens with zero attached hydrogens (tertiary/aromatic N) is 1. The summed E-state index contributed by atoms with van der Waals surface area (Å²) in [6, 6.07) is 14.4. The fourth-order valence-electron chi connectivity index (χ4n) is 3.98. The molecular formula is C25H27NO4. The SMILES string of the molecule is CCCCOc1cccc(C2c3c(oc4ccccc4c3=O)C(=O)N2CCCC)c1. The van der Waals surface area contributed by atoms with Gasteiger partial charge in [-0.05, 0) is 42.7 Å². The molecule has 0 fully saturated rings. The lowest BCUT2D eigenvalue weighted by atomic mass is 9.98. The van der Waals surface area contributed by atoms with Gasteiger partial charge in [-0.25, -0.2) is 0 Å². The summed E-state index contributed by atoms with van der Waals surface area (Å²) in [4.78, 5) is 28.4. The molecule has 5 nitrogen and oxygen atoms in total. The minimum absolute atomic E-state index is 0.137. The molecule has 1 aliphatic heterocycles. The van der Waals surface area contributed by atoms with E-state index in [-0.39, 0.29) is 17.1 Å². The highest BCUT2D eigenvalue weighted by atomic mass is 16.5. The van der Waals surface area contributed by atoms with Crippen LogP contribution in [0.2, 0.25) is 0 Å². The largest absolute Gasteiger partial charge is 0.494 e. The normalized spacial score (nSPS) is 15.6. The van der Waals surface area contributed by atoms with Gasteiger partial charge in [-0.3, -0.25) is 9.59 Å². The van der Waals surface area contributed by atoms with E-state index in [1.807, 2.05) is 30.3 Å². The van der Waals surface area contributed by atoms with Gasteiger partial charge in [0.2, 0.25) is 5.76 Å². The molecule has 0 saturated heterocycles. The Labute approximate surface area is 176 Å². The van der Waals surface area contributed by atoms with Crippen molar-refractivity contribution in [3.8, 4) is 5.75 Å². The van der Waals surface area contributed by atoms with E-state index in [2.05, 4.69) is 13.8 Å². The highest BCUT2D eigenvalue weighted by Gasteiger charge is 2.42. The molecule has 1 amide bonds. The third-order valence-electron chi connectivity index (χ3n) is 5.57. The third-order valence-corrected chi connectivity index (χ3v) is 5.57. The fraction of sp³-hybridized carbons (Fsp3) is 0.360. The third kappa shape index (κ3) is 3.60. The van der Waals surface area contributed by atoms with Crippen LogP contribution in [0.4, 0.5) is 0 Å². The van der Waals surface area contributed by atoms with Gasteiger partial charge < -0.3 is 14.1 Å². The zero-order valence-corrected chi connectivity index (χ0v) is 17.5. The summed E-state index contributed by atoms with van der Waals surface area (Å²) in [5.41, 5.74) is 1.61. The molecule has 1 aliphatic rings. The van der Waals surface area contributed by atoms with E-state index < -0.39 is 6.04 Å². The Morgan fingerprint density at radius 1 is 1.00 bits per heavy atom. The summed E-state index contributed by atoms with van der Waals surface area (Å²) in [6.45, 7) is 5.42. The quantitative estimate of drug-likeness (QED) is 0.476. The standard InChI is InChI=1S/C25H27NO4/c1-3-5-14-26-22(17-10-9-11-18(16-17)29-15-6-4-2)21-23(27)19-12-7-8-13-20(19)30-24(21)25(26)28/h7-13,16,22H,3-6,14-15H2,1-2H3. The number of carbonyl (C=O) groups is 1. The van der Waals surface area contributed by atoms with Crippen LogP contribution < -0.4 is 10.2 Å². The Morgan fingerprint density at radius 3 is 2.60 bits per heavy atom. The van der Waals surface area contributed by atoms with Crippen LogP contribution in [0.1, 0.15) is 67.3 Å². The predicted molar refractivity (Wildman–Crippen MR) is 117 cm³/mol. The van der Waals surface area contributed by atoms with E-state index in [9.17, 15) is 9.59 Å². The first kappa shape index (κ1) is 20.2. The second-order valence-electron chi connectivity index (χ2n) is 7.70. The van der Waals surface area contributed by atoms with E-state index in [0.717, 1.165) is 37.0 Å². The number of amides is 1. The molecule has 0 spiro atoms. The number of carbonyl (C=O) groups excluding carboxylic acids is 1. The summed E-state index contributed by atoms with van der Waals surface area (Å²) in [5.74, 6) is 0.697. The first-order valence-electron chi connectivity index (χ1n) is 10.7. The molecular weight excluding hydrogens is 378 g/mol. The summed E-state index contributed by atoms with van der Waals surface area (Å²) in [6.07, 6.45) is 3.85. The zero-order chi connectivity index (χ0) is 21.1. The van der Waals surface area contributed by atoms with Crippen LogP contribution in [0.3, 0.4) is 0 Å². The van der Waals surface area contributed by atoms with Crippen molar-refractivity contribution in [3.05, 3.63) is 75.6 Å². The number of unbranched alkanes of at least 4 members (excludes halogenated alkanes) is 2. The molecule has 156 valence electrons. The van der Waals surface area contributed by atoms with E-state index in [0.29, 0.717) is 29.7 Å². The molecule has 2 heterocycles. The van der Waals surface area contributed by atoms with E-state index in [4.69, 9.17) is 9.15 Å². The van der Waals surface area contributed by atoms with Crippen LogP contribution in [0.5, 0.6) is 5.75 Å². The number of hydrogen-bond acceptors (Lipinski definition) is 4. The topological polar surface area (TPSA) is 59.8 Å². The van der Waals surface area contributed by atoms with Gasteiger partial charge in [-0.2, -0.15) is 0 Å². The maximum absolute atomic E-state index is 13.4. The van der Waals surface area contributed by atoms with Gasteiger partial charge in [0.05, 0.1) is 23.6 Å². The highest BCUT2D eigenvalue weighted by molar-refractivity contribution is 5.99. The van der Waals surface area contributed by atoms with Crippen molar-refractivity contribution >= 4 is 16.9 Å². The minimum Gasteiger partial charge on any atom is -0.494 e. The lowest BCUT2D eigenvalue weighted by Crippen LogP contribution is -2.30. The molecule has 3 aromatic rings. The maximum Gasteiger partial charge on any atom is 0.290 e. The molecule has 1 unspecified atom stereocenters. The number of benzene rings is 2. The Bertz CT molecular complexity index is 1120. The van der Waals surface area contributed by atoms with Crippen molar-refractivity contribution in [1.29, 1.82) is 0 Å².